The molecule has 1 saturated heterocycles. The summed E-state index contributed by atoms with van der Waals surface area (Å²) in [6, 6.07) is 16.0. The number of hydrogen-bond donors (Lipinski definition) is 1. The summed E-state index contributed by atoms with van der Waals surface area (Å²) in [7, 11) is 0. The van der Waals surface area contributed by atoms with Crippen LogP contribution in [0, 0.1) is 0 Å². The van der Waals surface area contributed by atoms with Crippen LogP contribution in [-0.2, 0) is 9.59 Å². The van der Waals surface area contributed by atoms with Crippen molar-refractivity contribution in [1.29, 1.82) is 0 Å². The molecule has 1 aliphatic rings. The lowest BCUT2D eigenvalue weighted by molar-refractivity contribution is -0.116. The number of nitrogens with zero attached hydrogens (tertiary/aromatic N) is 1. The first-order valence-electron chi connectivity index (χ1n) is 10.4. The molecule has 1 fully saturated rings. The molecule has 0 spiro atoms. The number of amides is 2. The van der Waals surface area contributed by atoms with Crippen molar-refractivity contribution in [2.45, 2.75) is 57.7 Å². The average Bonchev–Trinajstić information content (AvgIpc) is 3.09. The third-order valence-electron chi connectivity index (χ3n) is 5.19. The second kappa shape index (κ2) is 9.97. The molecule has 1 aliphatic heterocycles. The number of anilines is 2. The maximum Gasteiger partial charge on any atom is 0.238 e. The van der Waals surface area contributed by atoms with Crippen molar-refractivity contribution < 1.29 is 9.59 Å². The standard InChI is InChI=1S/C24H30N2O2S/c1-4-5-6-15-22(27)25-20-13-9-7-12-19(20)24-26(23(28)16-29-24)21-14-10-8-11-18(21)17(2)3/h7-14,17,24H,4-6,15-16H2,1-3H3,(H,25,27)/t24-/m1/s1. The molecule has 1 heterocycles. The Labute approximate surface area is 178 Å². The van der Waals surface area contributed by atoms with Gasteiger partial charge in [0.1, 0.15) is 5.37 Å². The SMILES string of the molecule is CCCCCC(=O)Nc1ccccc1[C@H]1SCC(=O)N1c1ccccc1C(C)C. The third-order valence-corrected chi connectivity index (χ3v) is 6.39. The van der Waals surface area contributed by atoms with Gasteiger partial charge in [-0.2, -0.15) is 0 Å². The molecular formula is C24H30N2O2S. The fourth-order valence-electron chi connectivity index (χ4n) is 3.68. The fourth-order valence-corrected chi connectivity index (χ4v) is 4.89. The van der Waals surface area contributed by atoms with E-state index in [9.17, 15) is 9.59 Å². The second-order valence-corrected chi connectivity index (χ2v) is 8.80. The Bertz CT molecular complexity index is 865. The van der Waals surface area contributed by atoms with Gasteiger partial charge < -0.3 is 5.32 Å². The number of rotatable bonds is 8. The molecule has 2 aromatic rings. The number of unbranched alkanes of at least 4 members (excludes halogenated alkanes) is 2. The average molecular weight is 411 g/mol. The number of carbonyl (C=O) groups is 2. The number of nitrogens with one attached hydrogen (secondary N) is 1. The smallest absolute Gasteiger partial charge is 0.238 e. The molecule has 1 atom stereocenters. The van der Waals surface area contributed by atoms with Crippen molar-refractivity contribution in [2.24, 2.45) is 0 Å². The highest BCUT2D eigenvalue weighted by Crippen LogP contribution is 2.46. The van der Waals surface area contributed by atoms with Crippen LogP contribution in [0.1, 0.15) is 68.9 Å². The summed E-state index contributed by atoms with van der Waals surface area (Å²) in [5.41, 5.74) is 3.90. The molecule has 154 valence electrons. The third kappa shape index (κ3) is 5.02. The van der Waals surface area contributed by atoms with Crippen molar-refractivity contribution in [1.82, 2.24) is 0 Å². The molecule has 0 aliphatic carbocycles. The zero-order chi connectivity index (χ0) is 20.8. The van der Waals surface area contributed by atoms with Crippen LogP contribution in [0.3, 0.4) is 0 Å². The van der Waals surface area contributed by atoms with Gasteiger partial charge in [-0.1, -0.05) is 70.0 Å². The Morgan fingerprint density at radius 2 is 1.86 bits per heavy atom. The van der Waals surface area contributed by atoms with E-state index >= 15 is 0 Å². The zero-order valence-electron chi connectivity index (χ0n) is 17.5. The molecule has 3 rings (SSSR count). The minimum absolute atomic E-state index is 0.0364. The van der Waals surface area contributed by atoms with Gasteiger partial charge in [0.2, 0.25) is 11.8 Å². The number of carbonyl (C=O) groups excluding carboxylic acids is 2. The first-order chi connectivity index (χ1) is 14.0. The van der Waals surface area contributed by atoms with Gasteiger partial charge in [-0.15, -0.1) is 11.8 Å². The lowest BCUT2D eigenvalue weighted by atomic mass is 10.00. The molecule has 2 aromatic carbocycles. The van der Waals surface area contributed by atoms with E-state index in [1.54, 1.807) is 11.8 Å². The van der Waals surface area contributed by atoms with E-state index in [4.69, 9.17) is 0 Å². The molecular weight excluding hydrogens is 380 g/mol. The van der Waals surface area contributed by atoms with Crippen LogP contribution < -0.4 is 10.2 Å². The fraction of sp³-hybridized carbons (Fsp3) is 0.417. The molecule has 0 aromatic heterocycles. The number of hydrogen-bond acceptors (Lipinski definition) is 3. The molecule has 1 N–H and O–H groups in total. The van der Waals surface area contributed by atoms with Crippen LogP contribution in [0.15, 0.2) is 48.5 Å². The van der Waals surface area contributed by atoms with Gasteiger partial charge in [0.15, 0.2) is 0 Å². The van der Waals surface area contributed by atoms with Crippen LogP contribution in [0.4, 0.5) is 11.4 Å². The first kappa shape index (κ1) is 21.4. The van der Waals surface area contributed by atoms with Crippen LogP contribution in [0.5, 0.6) is 0 Å². The highest BCUT2D eigenvalue weighted by atomic mass is 32.2. The summed E-state index contributed by atoms with van der Waals surface area (Å²) in [5, 5.41) is 2.94. The molecule has 5 heteroatoms. The normalized spacial score (nSPS) is 16.5. The molecule has 0 saturated carbocycles. The largest absolute Gasteiger partial charge is 0.326 e. The predicted octanol–water partition coefficient (Wildman–Crippen LogP) is 6.11. The first-order valence-corrected chi connectivity index (χ1v) is 11.5. The van der Waals surface area contributed by atoms with E-state index in [0.29, 0.717) is 18.1 Å². The van der Waals surface area contributed by atoms with Gasteiger partial charge in [0, 0.05) is 23.4 Å². The molecule has 0 radical (unpaired) electrons. The quantitative estimate of drug-likeness (QED) is 0.534. The van der Waals surface area contributed by atoms with E-state index in [1.807, 2.05) is 47.4 Å². The van der Waals surface area contributed by atoms with Crippen molar-refractivity contribution in [3.8, 4) is 0 Å². The Morgan fingerprint density at radius 1 is 1.14 bits per heavy atom. The van der Waals surface area contributed by atoms with Crippen LogP contribution in [0.2, 0.25) is 0 Å². The lowest BCUT2D eigenvalue weighted by Crippen LogP contribution is -2.29. The van der Waals surface area contributed by atoms with Gasteiger partial charge in [0.25, 0.3) is 0 Å². The summed E-state index contributed by atoms with van der Waals surface area (Å²) in [4.78, 5) is 27.2. The summed E-state index contributed by atoms with van der Waals surface area (Å²) in [6.45, 7) is 6.42. The second-order valence-electron chi connectivity index (χ2n) is 7.73. The number of para-hydroxylation sites is 2. The molecule has 2 amide bonds. The van der Waals surface area contributed by atoms with E-state index < -0.39 is 0 Å². The van der Waals surface area contributed by atoms with Crippen molar-refractivity contribution >= 4 is 35.0 Å². The van der Waals surface area contributed by atoms with Gasteiger partial charge in [0.05, 0.1) is 5.75 Å². The zero-order valence-corrected chi connectivity index (χ0v) is 18.3. The van der Waals surface area contributed by atoms with E-state index in [-0.39, 0.29) is 17.2 Å². The molecule has 29 heavy (non-hydrogen) atoms. The predicted molar refractivity (Wildman–Crippen MR) is 122 cm³/mol. The van der Waals surface area contributed by atoms with Gasteiger partial charge in [-0.3, -0.25) is 14.5 Å². The lowest BCUT2D eigenvalue weighted by Gasteiger charge is -2.29. The monoisotopic (exact) mass is 410 g/mol. The van der Waals surface area contributed by atoms with Crippen molar-refractivity contribution in [3.05, 3.63) is 59.7 Å². The topological polar surface area (TPSA) is 49.4 Å². The van der Waals surface area contributed by atoms with Crippen LogP contribution in [-0.4, -0.2) is 17.6 Å². The van der Waals surface area contributed by atoms with Crippen molar-refractivity contribution in [2.75, 3.05) is 16.0 Å². The summed E-state index contributed by atoms with van der Waals surface area (Å²) in [6.07, 6.45) is 3.57. The summed E-state index contributed by atoms with van der Waals surface area (Å²) < 4.78 is 0. The molecule has 0 unspecified atom stereocenters. The van der Waals surface area contributed by atoms with Gasteiger partial charge in [-0.25, -0.2) is 0 Å². The summed E-state index contributed by atoms with van der Waals surface area (Å²) >= 11 is 1.61. The Balaban J connectivity index is 1.90. The Kier molecular flexibility index (Phi) is 7.37. The maximum atomic E-state index is 12.9. The van der Waals surface area contributed by atoms with Crippen LogP contribution >= 0.6 is 11.8 Å². The van der Waals surface area contributed by atoms with E-state index in [0.717, 1.165) is 41.8 Å². The minimum atomic E-state index is -0.144. The summed E-state index contributed by atoms with van der Waals surface area (Å²) in [5.74, 6) is 0.904. The Hall–Kier alpha value is -2.27. The van der Waals surface area contributed by atoms with Gasteiger partial charge >= 0.3 is 0 Å². The molecule has 0 bridgehead atoms. The minimum Gasteiger partial charge on any atom is -0.326 e. The highest BCUT2D eigenvalue weighted by molar-refractivity contribution is 8.00. The maximum absolute atomic E-state index is 12.9. The highest BCUT2D eigenvalue weighted by Gasteiger charge is 2.36. The molecule has 4 nitrogen and oxygen atoms in total. The van der Waals surface area contributed by atoms with Gasteiger partial charge in [-0.05, 0) is 30.0 Å². The Morgan fingerprint density at radius 3 is 2.62 bits per heavy atom. The van der Waals surface area contributed by atoms with Crippen LogP contribution in [0.25, 0.3) is 0 Å². The van der Waals surface area contributed by atoms with E-state index in [1.165, 1.54) is 0 Å². The number of thioether (sulfide) groups is 1. The van der Waals surface area contributed by atoms with E-state index in [2.05, 4.69) is 32.2 Å². The number of benzene rings is 2. The van der Waals surface area contributed by atoms with Crippen molar-refractivity contribution in [3.63, 3.8) is 0 Å².